The zero-order valence-corrected chi connectivity index (χ0v) is 13.5. The molecule has 0 bridgehead atoms. The highest BCUT2D eigenvalue weighted by molar-refractivity contribution is 8.13. The molecule has 0 aliphatic carbocycles. The molecule has 0 unspecified atom stereocenters. The van der Waals surface area contributed by atoms with Crippen LogP contribution in [-0.2, 0) is 4.79 Å². The van der Waals surface area contributed by atoms with Crippen molar-refractivity contribution in [2.75, 3.05) is 24.2 Å². The van der Waals surface area contributed by atoms with Gasteiger partial charge in [-0.25, -0.2) is 0 Å². The van der Waals surface area contributed by atoms with Gasteiger partial charge in [-0.05, 0) is 11.6 Å². The van der Waals surface area contributed by atoms with Gasteiger partial charge in [-0.3, -0.25) is 9.59 Å². The van der Waals surface area contributed by atoms with E-state index in [1.165, 1.54) is 11.8 Å². The first-order valence-corrected chi connectivity index (χ1v) is 8.58. The van der Waals surface area contributed by atoms with Crippen molar-refractivity contribution in [1.82, 2.24) is 4.90 Å². The molecular weight excluding hydrogens is 308 g/mol. The van der Waals surface area contributed by atoms with E-state index in [1.807, 2.05) is 54.6 Å². The largest absolute Gasteiger partial charge is 0.332 e. The number of nitrogens with one attached hydrogen (secondary N) is 1. The number of hydrogen-bond donors (Lipinski definition) is 1. The topological polar surface area (TPSA) is 49.4 Å². The Morgan fingerprint density at radius 1 is 1.09 bits per heavy atom. The molecule has 1 aliphatic rings. The van der Waals surface area contributed by atoms with Crippen LogP contribution in [0.5, 0.6) is 0 Å². The predicted molar refractivity (Wildman–Crippen MR) is 94.6 cm³/mol. The van der Waals surface area contributed by atoms with Crippen LogP contribution >= 0.6 is 11.8 Å². The highest BCUT2D eigenvalue weighted by Crippen LogP contribution is 2.27. The highest BCUT2D eigenvalue weighted by Gasteiger charge is 2.21. The van der Waals surface area contributed by atoms with Gasteiger partial charge in [0, 0.05) is 36.5 Å². The van der Waals surface area contributed by atoms with Gasteiger partial charge in [0.1, 0.15) is 0 Å². The normalized spacial score (nSPS) is 14.1. The molecule has 1 fully saturated rings. The number of benzene rings is 2. The number of carbonyl (C=O) groups is 2. The second kappa shape index (κ2) is 7.33. The maximum atomic E-state index is 12.2. The minimum absolute atomic E-state index is 0.0712. The van der Waals surface area contributed by atoms with Crippen LogP contribution in [0.4, 0.5) is 10.5 Å². The first-order chi connectivity index (χ1) is 11.2. The Balaban J connectivity index is 1.66. The molecule has 2 aromatic carbocycles. The summed E-state index contributed by atoms with van der Waals surface area (Å²) in [5, 5.41) is 3.04. The summed E-state index contributed by atoms with van der Waals surface area (Å²) < 4.78 is 0. The average molecular weight is 326 g/mol. The fourth-order valence-corrected chi connectivity index (χ4v) is 3.39. The van der Waals surface area contributed by atoms with Gasteiger partial charge in [0.2, 0.25) is 5.91 Å². The molecular formula is C18H18N2O2S. The van der Waals surface area contributed by atoms with Crippen molar-refractivity contribution >= 4 is 28.6 Å². The van der Waals surface area contributed by atoms with E-state index in [-0.39, 0.29) is 11.1 Å². The van der Waals surface area contributed by atoms with E-state index in [0.717, 1.165) is 29.1 Å². The van der Waals surface area contributed by atoms with E-state index >= 15 is 0 Å². The molecule has 0 atom stereocenters. The molecule has 2 aromatic rings. The van der Waals surface area contributed by atoms with Crippen LogP contribution in [0, 0.1) is 0 Å². The first kappa shape index (κ1) is 15.6. The minimum Gasteiger partial charge on any atom is -0.332 e. The average Bonchev–Trinajstić information content (AvgIpc) is 2.99. The quantitative estimate of drug-likeness (QED) is 0.908. The number of amides is 2. The molecule has 1 heterocycles. The number of anilines is 1. The maximum Gasteiger partial charge on any atom is 0.281 e. The lowest BCUT2D eigenvalue weighted by molar-refractivity contribution is -0.116. The number of thioether (sulfide) groups is 1. The molecule has 0 saturated carbocycles. The van der Waals surface area contributed by atoms with Crippen LogP contribution in [0.1, 0.15) is 6.42 Å². The molecule has 1 saturated heterocycles. The molecule has 2 amide bonds. The molecule has 1 N–H and O–H groups in total. The molecule has 23 heavy (non-hydrogen) atoms. The van der Waals surface area contributed by atoms with E-state index in [4.69, 9.17) is 0 Å². The third-order valence-corrected chi connectivity index (χ3v) is 4.63. The van der Waals surface area contributed by atoms with Crippen molar-refractivity contribution in [3.63, 3.8) is 0 Å². The van der Waals surface area contributed by atoms with Crippen molar-refractivity contribution in [2.24, 2.45) is 0 Å². The molecule has 0 radical (unpaired) electrons. The summed E-state index contributed by atoms with van der Waals surface area (Å²) in [5.41, 5.74) is 2.86. The number of para-hydroxylation sites is 1. The Morgan fingerprint density at radius 3 is 2.57 bits per heavy atom. The smallest absolute Gasteiger partial charge is 0.281 e. The second-order valence-corrected chi connectivity index (χ2v) is 6.36. The van der Waals surface area contributed by atoms with Crippen LogP contribution in [0.3, 0.4) is 0 Å². The van der Waals surface area contributed by atoms with Crippen LogP contribution in [0.2, 0.25) is 0 Å². The fraction of sp³-hybridized carbons (Fsp3) is 0.222. The third kappa shape index (κ3) is 3.93. The lowest BCUT2D eigenvalue weighted by Crippen LogP contribution is -2.27. The summed E-state index contributed by atoms with van der Waals surface area (Å²) in [7, 11) is 0. The van der Waals surface area contributed by atoms with Crippen LogP contribution in [0.15, 0.2) is 54.6 Å². The molecule has 1 aliphatic heterocycles. The van der Waals surface area contributed by atoms with Crippen LogP contribution in [-0.4, -0.2) is 34.9 Å². The summed E-state index contributed by atoms with van der Waals surface area (Å²) in [6.45, 7) is 1.21. The number of carbonyl (C=O) groups excluding carboxylic acids is 2. The molecule has 5 heteroatoms. The highest BCUT2D eigenvalue weighted by atomic mass is 32.2. The monoisotopic (exact) mass is 326 g/mol. The van der Waals surface area contributed by atoms with Crippen LogP contribution in [0.25, 0.3) is 11.1 Å². The van der Waals surface area contributed by atoms with Gasteiger partial charge < -0.3 is 10.2 Å². The maximum absolute atomic E-state index is 12.2. The molecule has 3 rings (SSSR count). The SMILES string of the molecule is O=C(CCN1CCSC1=O)Nc1ccccc1-c1ccccc1. The zero-order valence-electron chi connectivity index (χ0n) is 12.7. The summed E-state index contributed by atoms with van der Waals surface area (Å²) in [4.78, 5) is 25.5. The van der Waals surface area contributed by atoms with E-state index in [9.17, 15) is 9.59 Å². The number of rotatable bonds is 5. The first-order valence-electron chi connectivity index (χ1n) is 7.60. The van der Waals surface area contributed by atoms with Gasteiger partial charge in [0.25, 0.3) is 5.24 Å². The van der Waals surface area contributed by atoms with Gasteiger partial charge in [0.05, 0.1) is 0 Å². The Bertz CT molecular complexity index is 703. The summed E-state index contributed by atoms with van der Waals surface area (Å²) in [5.74, 6) is 0.746. The van der Waals surface area contributed by atoms with Gasteiger partial charge in [0.15, 0.2) is 0 Å². The van der Waals surface area contributed by atoms with Gasteiger partial charge in [-0.15, -0.1) is 0 Å². The van der Waals surface area contributed by atoms with E-state index in [0.29, 0.717) is 13.0 Å². The Labute approximate surface area is 139 Å². The van der Waals surface area contributed by atoms with E-state index < -0.39 is 0 Å². The molecule has 0 spiro atoms. The lowest BCUT2D eigenvalue weighted by atomic mass is 10.0. The Kier molecular flexibility index (Phi) is 4.98. The molecule has 4 nitrogen and oxygen atoms in total. The van der Waals surface area contributed by atoms with Crippen molar-refractivity contribution < 1.29 is 9.59 Å². The van der Waals surface area contributed by atoms with Gasteiger partial charge in [-0.2, -0.15) is 0 Å². The Morgan fingerprint density at radius 2 is 1.83 bits per heavy atom. The standard InChI is InChI=1S/C18H18N2O2S/c21-17(10-11-20-12-13-23-18(20)22)19-16-9-5-4-8-15(16)14-6-2-1-3-7-14/h1-9H,10-13H2,(H,19,21). The second-order valence-electron chi connectivity index (χ2n) is 5.31. The zero-order chi connectivity index (χ0) is 16.1. The fourth-order valence-electron chi connectivity index (χ4n) is 2.54. The van der Waals surface area contributed by atoms with Crippen molar-refractivity contribution in [1.29, 1.82) is 0 Å². The molecule has 118 valence electrons. The van der Waals surface area contributed by atoms with Crippen molar-refractivity contribution in [2.45, 2.75) is 6.42 Å². The minimum atomic E-state index is -0.0712. The Hall–Kier alpha value is -2.27. The summed E-state index contributed by atoms with van der Waals surface area (Å²) in [6, 6.07) is 17.7. The molecule has 0 aromatic heterocycles. The summed E-state index contributed by atoms with van der Waals surface area (Å²) >= 11 is 1.32. The van der Waals surface area contributed by atoms with Crippen LogP contribution < -0.4 is 5.32 Å². The van der Waals surface area contributed by atoms with E-state index in [2.05, 4.69) is 5.32 Å². The van der Waals surface area contributed by atoms with Gasteiger partial charge >= 0.3 is 0 Å². The van der Waals surface area contributed by atoms with E-state index in [1.54, 1.807) is 4.90 Å². The van der Waals surface area contributed by atoms with Crippen molar-refractivity contribution in [3.05, 3.63) is 54.6 Å². The number of nitrogens with zero attached hydrogens (tertiary/aromatic N) is 1. The predicted octanol–water partition coefficient (Wildman–Crippen LogP) is 3.85. The summed E-state index contributed by atoms with van der Waals surface area (Å²) in [6.07, 6.45) is 0.315. The number of hydrogen-bond acceptors (Lipinski definition) is 3. The third-order valence-electron chi connectivity index (χ3n) is 3.74. The van der Waals surface area contributed by atoms with Gasteiger partial charge in [-0.1, -0.05) is 60.3 Å². The van der Waals surface area contributed by atoms with Crippen molar-refractivity contribution in [3.8, 4) is 11.1 Å². The lowest BCUT2D eigenvalue weighted by Gasteiger charge is -2.15.